The second kappa shape index (κ2) is 3.35. The van der Waals surface area contributed by atoms with Gasteiger partial charge in [-0.25, -0.2) is 0 Å². The van der Waals surface area contributed by atoms with Gasteiger partial charge in [-0.05, 0) is 24.8 Å². The van der Waals surface area contributed by atoms with Crippen LogP contribution in [0.1, 0.15) is 18.9 Å². The second-order valence-electron chi connectivity index (χ2n) is 4.32. The second-order valence-corrected chi connectivity index (χ2v) is 4.32. The summed E-state index contributed by atoms with van der Waals surface area (Å²) in [6, 6.07) is 8.76. The molecule has 78 valence electrons. The molecule has 3 rings (SSSR count). The number of aromatic nitrogens is 2. The molecule has 0 atom stereocenters. The van der Waals surface area contributed by atoms with Crippen LogP contribution >= 0.6 is 0 Å². The summed E-state index contributed by atoms with van der Waals surface area (Å²) in [4.78, 5) is 0. The lowest BCUT2D eigenvalue weighted by molar-refractivity contribution is 0.108. The van der Waals surface area contributed by atoms with E-state index in [0.29, 0.717) is 18.6 Å². The molecule has 1 aromatic heterocycles. The number of rotatable bonds is 2. The van der Waals surface area contributed by atoms with Crippen LogP contribution in [-0.2, 0) is 0 Å². The Kier molecular flexibility index (Phi) is 1.99. The molecule has 1 saturated carbocycles. The molecule has 0 aliphatic heterocycles. The number of aliphatic hydroxyl groups excluding tert-OH is 1. The topological polar surface area (TPSA) is 38.0 Å². The van der Waals surface area contributed by atoms with E-state index in [1.54, 1.807) is 0 Å². The fraction of sp³-hybridized carbons (Fsp3) is 0.417. The molecule has 15 heavy (non-hydrogen) atoms. The molecule has 1 N–H and O–H groups in total. The maximum atomic E-state index is 8.98. The Bertz CT molecular complexity index is 471. The van der Waals surface area contributed by atoms with E-state index in [2.05, 4.69) is 21.9 Å². The number of aliphatic hydroxyl groups is 1. The van der Waals surface area contributed by atoms with Crippen LogP contribution in [0, 0.1) is 5.92 Å². The van der Waals surface area contributed by atoms with E-state index in [9.17, 15) is 0 Å². The zero-order valence-corrected chi connectivity index (χ0v) is 8.50. The van der Waals surface area contributed by atoms with Gasteiger partial charge in [0.1, 0.15) is 0 Å². The minimum Gasteiger partial charge on any atom is -0.396 e. The highest BCUT2D eigenvalue weighted by atomic mass is 16.3. The normalized spacial score (nSPS) is 25.4. The molecule has 0 radical (unpaired) electrons. The van der Waals surface area contributed by atoms with Crippen molar-refractivity contribution in [3.8, 4) is 0 Å². The van der Waals surface area contributed by atoms with Crippen molar-refractivity contribution in [1.82, 2.24) is 9.78 Å². The van der Waals surface area contributed by atoms with Gasteiger partial charge in [-0.1, -0.05) is 18.2 Å². The average Bonchev–Trinajstić information content (AvgIpc) is 2.61. The third-order valence-electron chi connectivity index (χ3n) is 3.32. The van der Waals surface area contributed by atoms with E-state index in [-0.39, 0.29) is 0 Å². The number of nitrogens with zero attached hydrogens (tertiary/aromatic N) is 2. The molecule has 1 heterocycles. The Hall–Kier alpha value is -1.35. The Labute approximate surface area is 88.3 Å². The Morgan fingerprint density at radius 3 is 2.93 bits per heavy atom. The van der Waals surface area contributed by atoms with Crippen LogP contribution < -0.4 is 0 Å². The maximum absolute atomic E-state index is 8.98. The summed E-state index contributed by atoms with van der Waals surface area (Å²) in [5.41, 5.74) is 1.21. The summed E-state index contributed by atoms with van der Waals surface area (Å²) in [5, 5.41) is 14.6. The van der Waals surface area contributed by atoms with E-state index < -0.39 is 0 Å². The van der Waals surface area contributed by atoms with Crippen LogP contribution in [0.5, 0.6) is 0 Å². The SMILES string of the molecule is OC[C@H]1C[C@H](n2ncc3ccccc32)C1. The summed E-state index contributed by atoms with van der Waals surface area (Å²) in [7, 11) is 0. The van der Waals surface area contributed by atoms with Crippen molar-refractivity contribution in [1.29, 1.82) is 0 Å². The first-order valence-electron chi connectivity index (χ1n) is 5.41. The lowest BCUT2D eigenvalue weighted by atomic mass is 9.81. The van der Waals surface area contributed by atoms with Gasteiger partial charge in [0.2, 0.25) is 0 Å². The summed E-state index contributed by atoms with van der Waals surface area (Å²) < 4.78 is 2.10. The van der Waals surface area contributed by atoms with Gasteiger partial charge in [-0.3, -0.25) is 4.68 Å². The predicted molar refractivity (Wildman–Crippen MR) is 58.6 cm³/mol. The molecule has 1 aliphatic rings. The van der Waals surface area contributed by atoms with E-state index in [1.165, 1.54) is 10.9 Å². The zero-order chi connectivity index (χ0) is 10.3. The van der Waals surface area contributed by atoms with E-state index in [4.69, 9.17) is 5.11 Å². The quantitative estimate of drug-likeness (QED) is 0.808. The smallest absolute Gasteiger partial charge is 0.0685 e. The predicted octanol–water partition coefficient (Wildman–Crippen LogP) is 1.98. The van der Waals surface area contributed by atoms with Crippen LogP contribution in [0.25, 0.3) is 10.9 Å². The number of hydrogen-bond acceptors (Lipinski definition) is 2. The van der Waals surface area contributed by atoms with Gasteiger partial charge < -0.3 is 5.11 Å². The molecule has 0 saturated heterocycles. The fourth-order valence-electron chi connectivity index (χ4n) is 2.33. The fourth-order valence-corrected chi connectivity index (χ4v) is 2.33. The van der Waals surface area contributed by atoms with Gasteiger partial charge in [0.05, 0.1) is 17.8 Å². The van der Waals surface area contributed by atoms with Crippen LogP contribution in [0.2, 0.25) is 0 Å². The number of para-hydroxylation sites is 1. The van der Waals surface area contributed by atoms with Gasteiger partial charge in [0, 0.05) is 12.0 Å². The highest BCUT2D eigenvalue weighted by molar-refractivity contribution is 5.78. The molecule has 3 heteroatoms. The van der Waals surface area contributed by atoms with Crippen molar-refractivity contribution >= 4 is 10.9 Å². The number of hydrogen-bond donors (Lipinski definition) is 1. The van der Waals surface area contributed by atoms with Crippen molar-refractivity contribution < 1.29 is 5.11 Å². The summed E-state index contributed by atoms with van der Waals surface area (Å²) in [6.07, 6.45) is 4.03. The van der Waals surface area contributed by atoms with Gasteiger partial charge in [-0.2, -0.15) is 5.10 Å². The maximum Gasteiger partial charge on any atom is 0.0685 e. The highest BCUT2D eigenvalue weighted by Crippen LogP contribution is 2.38. The third-order valence-corrected chi connectivity index (χ3v) is 3.32. The van der Waals surface area contributed by atoms with Crippen LogP contribution in [0.15, 0.2) is 30.5 Å². The molecule has 0 unspecified atom stereocenters. The van der Waals surface area contributed by atoms with Crippen molar-refractivity contribution in [2.75, 3.05) is 6.61 Å². The van der Waals surface area contributed by atoms with E-state index in [1.807, 2.05) is 18.3 Å². The van der Waals surface area contributed by atoms with Crippen molar-refractivity contribution in [2.24, 2.45) is 5.92 Å². The molecule has 2 aromatic rings. The minimum atomic E-state index is 0.315. The zero-order valence-electron chi connectivity index (χ0n) is 8.50. The van der Waals surface area contributed by atoms with Gasteiger partial charge in [-0.15, -0.1) is 0 Å². The molecule has 1 fully saturated rings. The third kappa shape index (κ3) is 1.35. The molecule has 0 amide bonds. The molecule has 0 bridgehead atoms. The average molecular weight is 202 g/mol. The Morgan fingerprint density at radius 2 is 2.13 bits per heavy atom. The molecule has 1 aromatic carbocycles. The lowest BCUT2D eigenvalue weighted by Gasteiger charge is -2.34. The summed E-state index contributed by atoms with van der Waals surface area (Å²) in [5.74, 6) is 0.484. The Balaban J connectivity index is 1.92. The minimum absolute atomic E-state index is 0.315. The monoisotopic (exact) mass is 202 g/mol. The first-order chi connectivity index (χ1) is 7.38. The summed E-state index contributed by atoms with van der Waals surface area (Å²) >= 11 is 0. The molecular formula is C12H14N2O. The van der Waals surface area contributed by atoms with E-state index >= 15 is 0 Å². The number of benzene rings is 1. The molecule has 1 aliphatic carbocycles. The van der Waals surface area contributed by atoms with Crippen molar-refractivity contribution in [3.05, 3.63) is 30.5 Å². The van der Waals surface area contributed by atoms with Gasteiger partial charge >= 0.3 is 0 Å². The molecule has 0 spiro atoms. The van der Waals surface area contributed by atoms with E-state index in [0.717, 1.165) is 12.8 Å². The van der Waals surface area contributed by atoms with Crippen LogP contribution in [-0.4, -0.2) is 21.5 Å². The lowest BCUT2D eigenvalue weighted by Crippen LogP contribution is -2.29. The van der Waals surface area contributed by atoms with Crippen LogP contribution in [0.3, 0.4) is 0 Å². The highest BCUT2D eigenvalue weighted by Gasteiger charge is 2.30. The molecule has 3 nitrogen and oxygen atoms in total. The van der Waals surface area contributed by atoms with Crippen molar-refractivity contribution in [3.63, 3.8) is 0 Å². The summed E-state index contributed by atoms with van der Waals surface area (Å²) in [6.45, 7) is 0.315. The van der Waals surface area contributed by atoms with Crippen molar-refractivity contribution in [2.45, 2.75) is 18.9 Å². The largest absolute Gasteiger partial charge is 0.396 e. The number of fused-ring (bicyclic) bond motifs is 1. The first-order valence-corrected chi connectivity index (χ1v) is 5.41. The van der Waals surface area contributed by atoms with Gasteiger partial charge in [0.15, 0.2) is 0 Å². The molecular weight excluding hydrogens is 188 g/mol. The van der Waals surface area contributed by atoms with Crippen LogP contribution in [0.4, 0.5) is 0 Å². The standard InChI is InChI=1S/C12H14N2O/c15-8-9-5-11(6-9)14-12-4-2-1-3-10(12)7-13-14/h1-4,7,9,11,15H,5-6,8H2/t9-,11-. The first kappa shape index (κ1) is 8.92. The van der Waals surface area contributed by atoms with Gasteiger partial charge in [0.25, 0.3) is 0 Å². The Morgan fingerprint density at radius 1 is 1.33 bits per heavy atom.